The van der Waals surface area contributed by atoms with Crippen molar-refractivity contribution in [3.63, 3.8) is 0 Å². The van der Waals surface area contributed by atoms with Crippen LogP contribution in [0.15, 0.2) is 60.8 Å². The van der Waals surface area contributed by atoms with Crippen LogP contribution >= 0.6 is 0 Å². The van der Waals surface area contributed by atoms with E-state index in [0.29, 0.717) is 11.3 Å². The Hall–Kier alpha value is -3.08. The molecule has 0 atom stereocenters. The number of carboxylic acids is 1. The van der Waals surface area contributed by atoms with E-state index < -0.39 is 5.97 Å². The van der Waals surface area contributed by atoms with Crippen LogP contribution < -0.4 is 5.32 Å². The Labute approximate surface area is 121 Å². The van der Waals surface area contributed by atoms with Gasteiger partial charge in [0.2, 0.25) is 0 Å². The molecular formula is C16H13NO4. The summed E-state index contributed by atoms with van der Waals surface area (Å²) in [4.78, 5) is 22.5. The van der Waals surface area contributed by atoms with Crippen molar-refractivity contribution in [3.05, 3.63) is 71.9 Å². The Morgan fingerprint density at radius 3 is 2.38 bits per heavy atom. The SMILES string of the molecule is O=C(/C=C/Nc1ccc(C(=O)O)c(O)c1)c1ccccc1. The molecule has 5 nitrogen and oxygen atoms in total. The summed E-state index contributed by atoms with van der Waals surface area (Å²) in [5.41, 5.74) is 0.874. The van der Waals surface area contributed by atoms with E-state index in [1.54, 1.807) is 24.3 Å². The number of aromatic hydroxyl groups is 1. The van der Waals surface area contributed by atoms with Gasteiger partial charge in [-0.2, -0.15) is 0 Å². The van der Waals surface area contributed by atoms with Gasteiger partial charge in [0, 0.05) is 29.6 Å². The number of hydrogen-bond acceptors (Lipinski definition) is 4. The first-order valence-electron chi connectivity index (χ1n) is 6.16. The highest BCUT2D eigenvalue weighted by Crippen LogP contribution is 2.21. The number of nitrogens with one attached hydrogen (secondary N) is 1. The predicted octanol–water partition coefficient (Wildman–Crippen LogP) is 2.90. The van der Waals surface area contributed by atoms with Crippen LogP contribution in [0.5, 0.6) is 5.75 Å². The minimum atomic E-state index is -1.20. The molecule has 0 aliphatic rings. The third-order valence-electron chi connectivity index (χ3n) is 2.77. The molecule has 2 rings (SSSR count). The average molecular weight is 283 g/mol. The minimum Gasteiger partial charge on any atom is -0.507 e. The van der Waals surface area contributed by atoms with Crippen molar-refractivity contribution in [2.45, 2.75) is 0 Å². The Kier molecular flexibility index (Phi) is 4.36. The number of anilines is 1. The summed E-state index contributed by atoms with van der Waals surface area (Å²) >= 11 is 0. The lowest BCUT2D eigenvalue weighted by Gasteiger charge is -2.04. The Morgan fingerprint density at radius 2 is 1.76 bits per heavy atom. The average Bonchev–Trinajstić information content (AvgIpc) is 2.47. The minimum absolute atomic E-state index is 0.158. The predicted molar refractivity (Wildman–Crippen MR) is 78.6 cm³/mol. The number of phenols is 1. The van der Waals surface area contributed by atoms with Crippen LogP contribution in [0.3, 0.4) is 0 Å². The Balaban J connectivity index is 2.03. The highest BCUT2D eigenvalue weighted by molar-refractivity contribution is 6.04. The van der Waals surface area contributed by atoms with E-state index in [9.17, 15) is 14.7 Å². The standard InChI is InChI=1S/C16H13NO4/c18-14(11-4-2-1-3-5-11)8-9-17-12-6-7-13(16(20)21)15(19)10-12/h1-10,17,19H,(H,20,21)/b9-8+. The number of allylic oxidation sites excluding steroid dienone is 1. The maximum Gasteiger partial charge on any atom is 0.339 e. The lowest BCUT2D eigenvalue weighted by Crippen LogP contribution is -1.98. The van der Waals surface area contributed by atoms with Crippen molar-refractivity contribution in [2.75, 3.05) is 5.32 Å². The molecule has 0 heterocycles. The van der Waals surface area contributed by atoms with Gasteiger partial charge in [0.15, 0.2) is 5.78 Å². The largest absolute Gasteiger partial charge is 0.507 e. The molecule has 0 aromatic heterocycles. The van der Waals surface area contributed by atoms with Gasteiger partial charge in [-0.15, -0.1) is 0 Å². The number of ketones is 1. The number of aromatic carboxylic acids is 1. The zero-order valence-corrected chi connectivity index (χ0v) is 11.0. The molecule has 106 valence electrons. The highest BCUT2D eigenvalue weighted by atomic mass is 16.4. The summed E-state index contributed by atoms with van der Waals surface area (Å²) < 4.78 is 0. The van der Waals surface area contributed by atoms with E-state index in [1.807, 2.05) is 6.07 Å². The first kappa shape index (κ1) is 14.3. The fraction of sp³-hybridized carbons (Fsp3) is 0. The topological polar surface area (TPSA) is 86.6 Å². The number of rotatable bonds is 5. The molecule has 0 bridgehead atoms. The zero-order valence-electron chi connectivity index (χ0n) is 11.0. The molecule has 0 saturated carbocycles. The van der Waals surface area contributed by atoms with E-state index in [4.69, 9.17) is 5.11 Å². The third kappa shape index (κ3) is 3.70. The summed E-state index contributed by atoms with van der Waals surface area (Å²) in [7, 11) is 0. The summed E-state index contributed by atoms with van der Waals surface area (Å²) in [5, 5.41) is 21.1. The molecule has 0 fully saturated rings. The van der Waals surface area contributed by atoms with Crippen LogP contribution in [-0.4, -0.2) is 22.0 Å². The van der Waals surface area contributed by atoms with Gasteiger partial charge in [-0.05, 0) is 12.1 Å². The van der Waals surface area contributed by atoms with Crippen molar-refractivity contribution in [2.24, 2.45) is 0 Å². The number of carboxylic acid groups (broad SMARTS) is 1. The normalized spacial score (nSPS) is 10.5. The van der Waals surface area contributed by atoms with Crippen LogP contribution in [0.2, 0.25) is 0 Å². The molecule has 0 amide bonds. The summed E-state index contributed by atoms with van der Waals surface area (Å²) in [6, 6.07) is 12.9. The van der Waals surface area contributed by atoms with Crippen molar-refractivity contribution >= 4 is 17.4 Å². The van der Waals surface area contributed by atoms with E-state index in [-0.39, 0.29) is 17.1 Å². The van der Waals surface area contributed by atoms with Gasteiger partial charge in [-0.1, -0.05) is 30.3 Å². The number of benzene rings is 2. The number of carbonyl (C=O) groups is 2. The van der Waals surface area contributed by atoms with E-state index in [2.05, 4.69) is 5.32 Å². The zero-order chi connectivity index (χ0) is 15.2. The Morgan fingerprint density at radius 1 is 1.05 bits per heavy atom. The summed E-state index contributed by atoms with van der Waals surface area (Å²) in [6.07, 6.45) is 2.79. The van der Waals surface area contributed by atoms with Gasteiger partial charge >= 0.3 is 5.97 Å². The first-order chi connectivity index (χ1) is 10.1. The Bertz CT molecular complexity index is 693. The first-order valence-corrected chi connectivity index (χ1v) is 6.16. The molecule has 3 N–H and O–H groups in total. The van der Waals surface area contributed by atoms with Crippen molar-refractivity contribution < 1.29 is 19.8 Å². The van der Waals surface area contributed by atoms with Crippen molar-refractivity contribution in [3.8, 4) is 5.75 Å². The lowest BCUT2D eigenvalue weighted by molar-refractivity contribution is 0.0693. The molecule has 0 unspecified atom stereocenters. The molecule has 0 aliphatic carbocycles. The van der Waals surface area contributed by atoms with Gasteiger partial charge in [0.1, 0.15) is 11.3 Å². The number of hydrogen-bond donors (Lipinski definition) is 3. The van der Waals surface area contributed by atoms with Gasteiger partial charge in [0.25, 0.3) is 0 Å². The third-order valence-corrected chi connectivity index (χ3v) is 2.77. The van der Waals surface area contributed by atoms with Crippen LogP contribution in [0.25, 0.3) is 0 Å². The molecule has 0 spiro atoms. The summed E-state index contributed by atoms with van der Waals surface area (Å²) in [5.74, 6) is -1.70. The van der Waals surface area contributed by atoms with Gasteiger partial charge in [-0.3, -0.25) is 4.79 Å². The maximum absolute atomic E-state index is 11.8. The molecular weight excluding hydrogens is 270 g/mol. The second-order valence-electron chi connectivity index (χ2n) is 4.25. The summed E-state index contributed by atoms with van der Waals surface area (Å²) in [6.45, 7) is 0. The van der Waals surface area contributed by atoms with Gasteiger partial charge in [0.05, 0.1) is 0 Å². The fourth-order valence-electron chi connectivity index (χ4n) is 1.71. The molecule has 2 aromatic rings. The van der Waals surface area contributed by atoms with Crippen LogP contribution in [0.1, 0.15) is 20.7 Å². The van der Waals surface area contributed by atoms with E-state index in [1.165, 1.54) is 30.5 Å². The molecule has 2 aromatic carbocycles. The van der Waals surface area contributed by atoms with Crippen LogP contribution in [-0.2, 0) is 0 Å². The molecule has 0 aliphatic heterocycles. The van der Waals surface area contributed by atoms with Gasteiger partial charge < -0.3 is 15.5 Å². The van der Waals surface area contributed by atoms with Crippen LogP contribution in [0.4, 0.5) is 5.69 Å². The fourth-order valence-corrected chi connectivity index (χ4v) is 1.71. The smallest absolute Gasteiger partial charge is 0.339 e. The highest BCUT2D eigenvalue weighted by Gasteiger charge is 2.09. The molecule has 0 saturated heterocycles. The van der Waals surface area contributed by atoms with Crippen molar-refractivity contribution in [1.82, 2.24) is 0 Å². The van der Waals surface area contributed by atoms with E-state index in [0.717, 1.165) is 0 Å². The molecule has 5 heteroatoms. The number of carbonyl (C=O) groups excluding carboxylic acids is 1. The van der Waals surface area contributed by atoms with Crippen LogP contribution in [0, 0.1) is 0 Å². The molecule has 0 radical (unpaired) electrons. The van der Waals surface area contributed by atoms with Gasteiger partial charge in [-0.25, -0.2) is 4.79 Å². The molecule has 21 heavy (non-hydrogen) atoms. The lowest BCUT2D eigenvalue weighted by atomic mass is 10.1. The second kappa shape index (κ2) is 6.38. The van der Waals surface area contributed by atoms with Crippen molar-refractivity contribution in [1.29, 1.82) is 0 Å². The quantitative estimate of drug-likeness (QED) is 0.580. The second-order valence-corrected chi connectivity index (χ2v) is 4.25. The van der Waals surface area contributed by atoms with E-state index >= 15 is 0 Å². The monoisotopic (exact) mass is 283 g/mol. The maximum atomic E-state index is 11.8.